The molecule has 0 bridgehead atoms. The molecule has 3 unspecified atom stereocenters. The second kappa shape index (κ2) is 7.34. The van der Waals surface area contributed by atoms with E-state index in [4.69, 9.17) is 0 Å². The molecule has 5 nitrogen and oxygen atoms in total. The lowest BCUT2D eigenvalue weighted by Crippen LogP contribution is -2.46. The van der Waals surface area contributed by atoms with Crippen LogP contribution in [0.4, 0.5) is 5.69 Å². The van der Waals surface area contributed by atoms with Crippen LogP contribution in [0.1, 0.15) is 44.1 Å². The summed E-state index contributed by atoms with van der Waals surface area (Å²) in [5, 5.41) is 0. The van der Waals surface area contributed by atoms with Crippen molar-refractivity contribution in [3.05, 3.63) is 29.8 Å². The zero-order valence-electron chi connectivity index (χ0n) is 15.2. The number of amides is 1. The van der Waals surface area contributed by atoms with Gasteiger partial charge in [-0.2, -0.15) is 0 Å². The minimum atomic E-state index is -0.0748. The first-order valence-electron chi connectivity index (χ1n) is 9.83. The molecule has 1 aliphatic carbocycles. The number of carbonyl (C=O) groups excluding carboxylic acids is 1. The monoisotopic (exact) mass is 342 g/mol. The fourth-order valence-corrected chi connectivity index (χ4v) is 4.77. The normalized spacial score (nSPS) is 28.8. The van der Waals surface area contributed by atoms with E-state index in [-0.39, 0.29) is 11.9 Å². The van der Waals surface area contributed by atoms with Gasteiger partial charge in [0.05, 0.1) is 0 Å². The number of hydrogen-bond donors (Lipinski definition) is 2. The maximum Gasteiger partial charge on any atom is 0.241 e. The molecule has 0 aromatic heterocycles. The summed E-state index contributed by atoms with van der Waals surface area (Å²) < 4.78 is 0. The third kappa shape index (κ3) is 3.40. The van der Waals surface area contributed by atoms with E-state index in [0.717, 1.165) is 19.5 Å². The Hall–Kier alpha value is -1.59. The Bertz CT molecular complexity index is 613. The Kier molecular flexibility index (Phi) is 4.95. The van der Waals surface area contributed by atoms with Crippen molar-refractivity contribution in [3.8, 4) is 0 Å². The van der Waals surface area contributed by atoms with Gasteiger partial charge in [0.1, 0.15) is 6.04 Å². The molecule has 1 aromatic carbocycles. The van der Waals surface area contributed by atoms with Gasteiger partial charge in [-0.05, 0) is 37.3 Å². The molecule has 2 aliphatic heterocycles. The van der Waals surface area contributed by atoms with Gasteiger partial charge in [-0.1, -0.05) is 31.0 Å². The second-order valence-corrected chi connectivity index (χ2v) is 7.84. The zero-order valence-corrected chi connectivity index (χ0v) is 15.2. The topological polar surface area (TPSA) is 47.6 Å². The number of nitrogens with zero attached hydrogens (tertiary/aromatic N) is 2. The summed E-state index contributed by atoms with van der Waals surface area (Å²) in [5.74, 6) is 0.663. The molecule has 0 spiro atoms. The van der Waals surface area contributed by atoms with E-state index < -0.39 is 0 Å². The average molecular weight is 342 g/mol. The third-order valence-corrected chi connectivity index (χ3v) is 6.16. The van der Waals surface area contributed by atoms with Crippen molar-refractivity contribution >= 4 is 11.6 Å². The number of nitrogens with one attached hydrogen (secondary N) is 2. The molecule has 2 saturated heterocycles. The van der Waals surface area contributed by atoms with Gasteiger partial charge in [-0.15, -0.1) is 0 Å². The summed E-state index contributed by atoms with van der Waals surface area (Å²) in [4.78, 5) is 17.4. The van der Waals surface area contributed by atoms with Gasteiger partial charge in [-0.25, -0.2) is 5.43 Å². The molecule has 3 aliphatic rings. The Morgan fingerprint density at radius 2 is 1.88 bits per heavy atom. The number of carbonyl (C=O) groups is 1. The van der Waals surface area contributed by atoms with Crippen LogP contribution < -0.4 is 15.8 Å². The summed E-state index contributed by atoms with van der Waals surface area (Å²) in [7, 11) is 1.95. The van der Waals surface area contributed by atoms with Gasteiger partial charge in [0, 0.05) is 44.3 Å². The number of likely N-dealkylation sites (N-methyl/N-ethyl adjacent to an activating group) is 1. The van der Waals surface area contributed by atoms with E-state index in [0.29, 0.717) is 18.5 Å². The zero-order chi connectivity index (χ0) is 17.2. The van der Waals surface area contributed by atoms with Crippen LogP contribution in [0.15, 0.2) is 24.3 Å². The number of anilines is 1. The fourth-order valence-electron chi connectivity index (χ4n) is 4.77. The predicted octanol–water partition coefficient (Wildman–Crippen LogP) is 2.28. The Morgan fingerprint density at radius 3 is 2.72 bits per heavy atom. The van der Waals surface area contributed by atoms with E-state index in [9.17, 15) is 4.79 Å². The minimum Gasteiger partial charge on any atom is -0.371 e. The van der Waals surface area contributed by atoms with E-state index in [1.165, 1.54) is 43.4 Å². The van der Waals surface area contributed by atoms with E-state index >= 15 is 0 Å². The first-order chi connectivity index (χ1) is 12.2. The highest BCUT2D eigenvalue weighted by atomic mass is 16.2. The molecule has 2 N–H and O–H groups in total. The maximum atomic E-state index is 13.0. The quantitative estimate of drug-likeness (QED) is 0.881. The van der Waals surface area contributed by atoms with Crippen molar-refractivity contribution in [1.82, 2.24) is 15.8 Å². The third-order valence-electron chi connectivity index (χ3n) is 6.16. The highest BCUT2D eigenvalue weighted by Crippen LogP contribution is 2.31. The smallest absolute Gasteiger partial charge is 0.241 e. The van der Waals surface area contributed by atoms with E-state index in [1.807, 2.05) is 11.9 Å². The van der Waals surface area contributed by atoms with Crippen LogP contribution in [0.3, 0.4) is 0 Å². The van der Waals surface area contributed by atoms with Crippen LogP contribution in [0.5, 0.6) is 0 Å². The predicted molar refractivity (Wildman–Crippen MR) is 100 cm³/mol. The molecule has 25 heavy (non-hydrogen) atoms. The highest BCUT2D eigenvalue weighted by Gasteiger charge is 2.42. The van der Waals surface area contributed by atoms with Crippen molar-refractivity contribution in [3.63, 3.8) is 0 Å². The van der Waals surface area contributed by atoms with Gasteiger partial charge in [0.25, 0.3) is 0 Å². The van der Waals surface area contributed by atoms with Crippen molar-refractivity contribution in [2.75, 3.05) is 25.0 Å². The summed E-state index contributed by atoms with van der Waals surface area (Å²) >= 11 is 0. The lowest BCUT2D eigenvalue weighted by molar-refractivity contribution is -0.133. The number of hydrogen-bond acceptors (Lipinski definition) is 4. The van der Waals surface area contributed by atoms with Gasteiger partial charge in [-0.3, -0.25) is 10.2 Å². The number of rotatable bonds is 4. The molecular weight excluding hydrogens is 312 g/mol. The number of hydrazine groups is 1. The van der Waals surface area contributed by atoms with E-state index in [2.05, 4.69) is 40.0 Å². The first kappa shape index (κ1) is 16.9. The fraction of sp³-hybridized carbons (Fsp3) is 0.650. The Balaban J connectivity index is 1.45. The molecule has 4 rings (SSSR count). The van der Waals surface area contributed by atoms with Crippen LogP contribution in [0.25, 0.3) is 0 Å². The van der Waals surface area contributed by atoms with Gasteiger partial charge >= 0.3 is 0 Å². The number of fused-ring (bicyclic) bond motifs is 1. The molecule has 3 fully saturated rings. The van der Waals surface area contributed by atoms with Crippen molar-refractivity contribution in [1.29, 1.82) is 0 Å². The minimum absolute atomic E-state index is 0.0748. The van der Waals surface area contributed by atoms with Crippen molar-refractivity contribution < 1.29 is 4.79 Å². The van der Waals surface area contributed by atoms with Crippen LogP contribution in [0, 0.1) is 5.92 Å². The summed E-state index contributed by atoms with van der Waals surface area (Å²) in [6.45, 7) is 2.94. The van der Waals surface area contributed by atoms with Gasteiger partial charge in [0.2, 0.25) is 5.91 Å². The first-order valence-corrected chi connectivity index (χ1v) is 9.83. The van der Waals surface area contributed by atoms with Crippen LogP contribution in [-0.4, -0.2) is 43.0 Å². The molecule has 1 saturated carbocycles. The largest absolute Gasteiger partial charge is 0.371 e. The number of para-hydroxylation sites is 1. The highest BCUT2D eigenvalue weighted by molar-refractivity contribution is 5.82. The molecule has 3 atom stereocenters. The standard InChI is InChI=1S/C20H30N4O/c1-23(20(25)19-16-9-3-4-10-17(16)21-22-19)14-15-8-2-5-11-18(15)24-12-6-7-13-24/h2,5,8,11,16-17,19,21-22H,3-4,6-7,9-10,12-14H2,1H3. The molecule has 0 radical (unpaired) electrons. The second-order valence-electron chi connectivity index (χ2n) is 7.84. The SMILES string of the molecule is CN(Cc1ccccc1N1CCCC1)C(=O)C1NNC2CCCCC21. The molecular formula is C20H30N4O. The lowest BCUT2D eigenvalue weighted by Gasteiger charge is -2.30. The van der Waals surface area contributed by atoms with Gasteiger partial charge < -0.3 is 9.80 Å². The average Bonchev–Trinajstić information content (AvgIpc) is 3.31. The molecule has 1 amide bonds. The number of benzene rings is 1. The van der Waals surface area contributed by atoms with Crippen LogP contribution in [-0.2, 0) is 11.3 Å². The summed E-state index contributed by atoms with van der Waals surface area (Å²) in [5.41, 5.74) is 9.20. The van der Waals surface area contributed by atoms with Crippen molar-refractivity contribution in [2.45, 2.75) is 57.2 Å². The molecule has 1 aromatic rings. The van der Waals surface area contributed by atoms with E-state index in [1.54, 1.807) is 0 Å². The molecule has 136 valence electrons. The summed E-state index contributed by atoms with van der Waals surface area (Å²) in [6, 6.07) is 8.95. The lowest BCUT2D eigenvalue weighted by atomic mass is 9.81. The van der Waals surface area contributed by atoms with Crippen LogP contribution in [0.2, 0.25) is 0 Å². The van der Waals surface area contributed by atoms with Gasteiger partial charge in [0.15, 0.2) is 0 Å². The van der Waals surface area contributed by atoms with Crippen molar-refractivity contribution in [2.24, 2.45) is 5.92 Å². The summed E-state index contributed by atoms with van der Waals surface area (Å²) in [6.07, 6.45) is 7.39. The van der Waals surface area contributed by atoms with Crippen LogP contribution >= 0.6 is 0 Å². The Morgan fingerprint density at radius 1 is 1.12 bits per heavy atom. The Labute approximate surface area is 150 Å². The molecule has 5 heteroatoms. The maximum absolute atomic E-state index is 13.0. The molecule has 2 heterocycles.